The van der Waals surface area contributed by atoms with Crippen LogP contribution in [-0.2, 0) is 7.05 Å². The fraction of sp³-hybridized carbons (Fsp3) is 0.286. The summed E-state index contributed by atoms with van der Waals surface area (Å²) in [6.45, 7) is 2.91. The highest BCUT2D eigenvalue weighted by molar-refractivity contribution is 8.00. The quantitative estimate of drug-likeness (QED) is 0.650. The Morgan fingerprint density at radius 2 is 1.92 bits per heavy atom. The standard InChI is InChI=1S/C21H21N3OS/c1-14-13-22-23(2)20(14)21-24(17-8-4-6-10-19(17)26-21)16-11-12-25-18-9-5-3-7-15(16)18/h3-10,13,16,21H,11-12H2,1-2H3/t16?,21-/m0/s1. The Balaban J connectivity index is 1.67. The molecular formula is C21H21N3OS. The largest absolute Gasteiger partial charge is 0.493 e. The van der Waals surface area contributed by atoms with Crippen LogP contribution in [0, 0.1) is 6.92 Å². The first-order valence-electron chi connectivity index (χ1n) is 8.98. The fourth-order valence-electron chi connectivity index (χ4n) is 4.12. The first-order valence-corrected chi connectivity index (χ1v) is 9.86. The second kappa shape index (κ2) is 6.09. The highest BCUT2D eigenvalue weighted by Crippen LogP contribution is 2.56. The molecule has 2 aliphatic rings. The van der Waals surface area contributed by atoms with Crippen LogP contribution in [0.5, 0.6) is 5.75 Å². The van der Waals surface area contributed by atoms with Crippen molar-refractivity contribution in [2.75, 3.05) is 11.5 Å². The van der Waals surface area contributed by atoms with E-state index in [-0.39, 0.29) is 5.37 Å². The number of hydrogen-bond acceptors (Lipinski definition) is 4. The molecule has 0 aliphatic carbocycles. The molecule has 4 nitrogen and oxygen atoms in total. The molecule has 26 heavy (non-hydrogen) atoms. The van der Waals surface area contributed by atoms with Crippen LogP contribution >= 0.6 is 11.8 Å². The maximum Gasteiger partial charge on any atom is 0.124 e. The zero-order chi connectivity index (χ0) is 17.7. The van der Waals surface area contributed by atoms with Crippen LogP contribution in [0.2, 0.25) is 0 Å². The Morgan fingerprint density at radius 1 is 1.12 bits per heavy atom. The van der Waals surface area contributed by atoms with Crippen molar-refractivity contribution in [3.05, 3.63) is 71.5 Å². The van der Waals surface area contributed by atoms with Gasteiger partial charge in [-0.05, 0) is 30.7 Å². The van der Waals surface area contributed by atoms with E-state index in [4.69, 9.17) is 4.74 Å². The van der Waals surface area contributed by atoms with Crippen molar-refractivity contribution in [2.24, 2.45) is 7.05 Å². The van der Waals surface area contributed by atoms with Crippen LogP contribution in [0.25, 0.3) is 0 Å². The summed E-state index contributed by atoms with van der Waals surface area (Å²) < 4.78 is 7.95. The van der Waals surface area contributed by atoms with Crippen LogP contribution in [0.4, 0.5) is 5.69 Å². The van der Waals surface area contributed by atoms with Gasteiger partial charge in [-0.1, -0.05) is 42.1 Å². The molecule has 3 aromatic rings. The number of aromatic nitrogens is 2. The Kier molecular flexibility index (Phi) is 3.71. The van der Waals surface area contributed by atoms with Gasteiger partial charge in [-0.25, -0.2) is 0 Å². The van der Waals surface area contributed by atoms with E-state index in [1.165, 1.54) is 27.4 Å². The summed E-state index contributed by atoms with van der Waals surface area (Å²) in [5.41, 5.74) is 5.10. The molecule has 0 saturated heterocycles. The van der Waals surface area contributed by atoms with E-state index in [2.05, 4.69) is 65.5 Å². The van der Waals surface area contributed by atoms with Gasteiger partial charge in [-0.3, -0.25) is 4.68 Å². The molecular weight excluding hydrogens is 342 g/mol. The first-order chi connectivity index (χ1) is 12.7. The molecule has 0 spiro atoms. The summed E-state index contributed by atoms with van der Waals surface area (Å²) in [6.07, 6.45) is 2.95. The van der Waals surface area contributed by atoms with Crippen molar-refractivity contribution in [3.63, 3.8) is 0 Å². The molecule has 2 atom stereocenters. The number of rotatable bonds is 2. The summed E-state index contributed by atoms with van der Waals surface area (Å²) in [5.74, 6) is 1.01. The fourth-order valence-corrected chi connectivity index (χ4v) is 5.63. The molecule has 132 valence electrons. The normalized spacial score (nSPS) is 21.2. The van der Waals surface area contributed by atoms with Crippen molar-refractivity contribution in [3.8, 4) is 5.75 Å². The van der Waals surface area contributed by atoms with E-state index in [9.17, 15) is 0 Å². The molecule has 0 fully saturated rings. The molecule has 0 bridgehead atoms. The summed E-state index contributed by atoms with van der Waals surface area (Å²) in [7, 11) is 2.04. The number of nitrogens with zero attached hydrogens (tertiary/aromatic N) is 3. The third-order valence-corrected chi connectivity index (χ3v) is 6.58. The zero-order valence-electron chi connectivity index (χ0n) is 14.9. The molecule has 5 rings (SSSR count). The molecule has 0 N–H and O–H groups in total. The number of benzene rings is 2. The molecule has 5 heteroatoms. The second-order valence-corrected chi connectivity index (χ2v) is 7.99. The summed E-state index contributed by atoms with van der Waals surface area (Å²) in [5, 5.41) is 4.72. The third kappa shape index (κ3) is 2.34. The van der Waals surface area contributed by atoms with E-state index in [1.807, 2.05) is 29.7 Å². The Hall–Kier alpha value is -2.40. The van der Waals surface area contributed by atoms with Gasteiger partial charge in [-0.15, -0.1) is 0 Å². The minimum absolute atomic E-state index is 0.219. The van der Waals surface area contributed by atoms with E-state index in [0.29, 0.717) is 6.04 Å². The molecule has 0 amide bonds. The SMILES string of the molecule is Cc1cnn(C)c1[C@@H]1Sc2ccccc2N1C1CCOc2ccccc21. The minimum atomic E-state index is 0.219. The Labute approximate surface area is 157 Å². The highest BCUT2D eigenvalue weighted by atomic mass is 32.2. The van der Waals surface area contributed by atoms with Crippen LogP contribution in [0.3, 0.4) is 0 Å². The topological polar surface area (TPSA) is 30.3 Å². The highest BCUT2D eigenvalue weighted by Gasteiger charge is 2.40. The number of thioether (sulfide) groups is 1. The molecule has 0 saturated carbocycles. The van der Waals surface area contributed by atoms with E-state index < -0.39 is 0 Å². The van der Waals surface area contributed by atoms with E-state index >= 15 is 0 Å². The van der Waals surface area contributed by atoms with Gasteiger partial charge in [0.1, 0.15) is 11.1 Å². The lowest BCUT2D eigenvalue weighted by Gasteiger charge is -2.38. The van der Waals surface area contributed by atoms with Crippen molar-refractivity contribution >= 4 is 17.4 Å². The van der Waals surface area contributed by atoms with E-state index in [1.54, 1.807) is 0 Å². The van der Waals surface area contributed by atoms with Gasteiger partial charge < -0.3 is 9.64 Å². The van der Waals surface area contributed by atoms with Gasteiger partial charge in [-0.2, -0.15) is 5.10 Å². The Bertz CT molecular complexity index is 948. The van der Waals surface area contributed by atoms with Gasteiger partial charge in [0.25, 0.3) is 0 Å². The lowest BCUT2D eigenvalue weighted by Crippen LogP contribution is -2.33. The molecule has 2 aliphatic heterocycles. The zero-order valence-corrected chi connectivity index (χ0v) is 15.7. The summed E-state index contributed by atoms with van der Waals surface area (Å²) in [4.78, 5) is 3.91. The van der Waals surface area contributed by atoms with Crippen LogP contribution in [-0.4, -0.2) is 16.4 Å². The monoisotopic (exact) mass is 363 g/mol. The van der Waals surface area contributed by atoms with Crippen molar-refractivity contribution in [2.45, 2.75) is 29.7 Å². The predicted octanol–water partition coefficient (Wildman–Crippen LogP) is 4.86. The summed E-state index contributed by atoms with van der Waals surface area (Å²) >= 11 is 1.92. The average molecular weight is 363 g/mol. The third-order valence-electron chi connectivity index (χ3n) is 5.31. The molecule has 1 unspecified atom stereocenters. The lowest BCUT2D eigenvalue weighted by molar-refractivity contribution is 0.263. The van der Waals surface area contributed by atoms with E-state index in [0.717, 1.165) is 18.8 Å². The van der Waals surface area contributed by atoms with Gasteiger partial charge in [0.05, 0.1) is 30.2 Å². The van der Waals surface area contributed by atoms with Crippen molar-refractivity contribution in [1.82, 2.24) is 9.78 Å². The molecule has 3 heterocycles. The van der Waals surface area contributed by atoms with Crippen LogP contribution in [0.15, 0.2) is 59.6 Å². The lowest BCUT2D eigenvalue weighted by atomic mass is 9.97. The molecule has 1 aromatic heterocycles. The number of ether oxygens (including phenoxy) is 1. The smallest absolute Gasteiger partial charge is 0.124 e. The number of para-hydroxylation sites is 2. The van der Waals surface area contributed by atoms with Gasteiger partial charge >= 0.3 is 0 Å². The van der Waals surface area contributed by atoms with Gasteiger partial charge in [0.15, 0.2) is 0 Å². The predicted molar refractivity (Wildman–Crippen MR) is 105 cm³/mol. The summed E-state index contributed by atoms with van der Waals surface area (Å²) in [6, 6.07) is 17.5. The number of anilines is 1. The van der Waals surface area contributed by atoms with Gasteiger partial charge in [0, 0.05) is 23.9 Å². The van der Waals surface area contributed by atoms with Crippen LogP contribution < -0.4 is 9.64 Å². The maximum absolute atomic E-state index is 5.92. The van der Waals surface area contributed by atoms with Crippen molar-refractivity contribution in [1.29, 1.82) is 0 Å². The number of hydrogen-bond donors (Lipinski definition) is 0. The number of fused-ring (bicyclic) bond motifs is 2. The average Bonchev–Trinajstić information content (AvgIpc) is 3.20. The van der Waals surface area contributed by atoms with Crippen molar-refractivity contribution < 1.29 is 4.74 Å². The minimum Gasteiger partial charge on any atom is -0.493 e. The molecule has 2 aromatic carbocycles. The first kappa shape index (κ1) is 15.8. The Morgan fingerprint density at radius 3 is 2.77 bits per heavy atom. The van der Waals surface area contributed by atoms with Gasteiger partial charge in [0.2, 0.25) is 0 Å². The second-order valence-electron chi connectivity index (χ2n) is 6.87. The van der Waals surface area contributed by atoms with Crippen LogP contribution in [0.1, 0.15) is 34.7 Å². The maximum atomic E-state index is 5.92. The number of aryl methyl sites for hydroxylation is 2. The molecule has 0 radical (unpaired) electrons.